The van der Waals surface area contributed by atoms with Gasteiger partial charge < -0.3 is 4.90 Å². The van der Waals surface area contributed by atoms with Crippen molar-refractivity contribution in [1.82, 2.24) is 0 Å². The first-order valence-corrected chi connectivity index (χ1v) is 9.08. The number of rotatable bonds is 5. The summed E-state index contributed by atoms with van der Waals surface area (Å²) in [6.07, 6.45) is 0. The van der Waals surface area contributed by atoms with E-state index >= 15 is 0 Å². The standard InChI is InChI=1S/C20H14FIN2O3/c21-16-5-1-14(2-6-16)13-23(18-11-7-17(22)8-12-18)20(25)15-3-9-19(10-4-15)24(26)27/h1-12H,13H2. The highest BCUT2D eigenvalue weighted by Crippen LogP contribution is 2.23. The average molecular weight is 476 g/mol. The Bertz CT molecular complexity index is 958. The Kier molecular flexibility index (Phi) is 5.80. The van der Waals surface area contributed by atoms with Gasteiger partial charge in [0.1, 0.15) is 5.82 Å². The van der Waals surface area contributed by atoms with Crippen molar-refractivity contribution in [3.8, 4) is 0 Å². The second-order valence-corrected chi connectivity index (χ2v) is 7.04. The molecule has 0 aliphatic rings. The van der Waals surface area contributed by atoms with E-state index in [1.165, 1.54) is 36.4 Å². The van der Waals surface area contributed by atoms with Gasteiger partial charge in [-0.1, -0.05) is 12.1 Å². The van der Waals surface area contributed by atoms with Crippen molar-refractivity contribution >= 4 is 39.9 Å². The van der Waals surface area contributed by atoms with E-state index in [1.54, 1.807) is 17.0 Å². The summed E-state index contributed by atoms with van der Waals surface area (Å²) in [4.78, 5) is 24.9. The molecule has 7 heteroatoms. The van der Waals surface area contributed by atoms with Crippen molar-refractivity contribution in [2.45, 2.75) is 6.54 Å². The third-order valence-corrected chi connectivity index (χ3v) is 4.68. The number of amides is 1. The maximum Gasteiger partial charge on any atom is 0.269 e. The Labute approximate surface area is 168 Å². The minimum Gasteiger partial charge on any atom is -0.304 e. The van der Waals surface area contributed by atoms with Crippen LogP contribution in [0.3, 0.4) is 0 Å². The van der Waals surface area contributed by atoms with Gasteiger partial charge in [0.25, 0.3) is 11.6 Å². The van der Waals surface area contributed by atoms with Crippen molar-refractivity contribution in [3.05, 3.63) is 103 Å². The summed E-state index contributed by atoms with van der Waals surface area (Å²) < 4.78 is 14.2. The van der Waals surface area contributed by atoms with E-state index in [9.17, 15) is 19.3 Å². The quantitative estimate of drug-likeness (QED) is 0.290. The van der Waals surface area contributed by atoms with Gasteiger partial charge in [-0.15, -0.1) is 0 Å². The van der Waals surface area contributed by atoms with Crippen LogP contribution >= 0.6 is 22.6 Å². The molecular formula is C20H14FIN2O3. The molecule has 0 saturated carbocycles. The van der Waals surface area contributed by atoms with Crippen molar-refractivity contribution in [3.63, 3.8) is 0 Å². The number of carbonyl (C=O) groups is 1. The minimum atomic E-state index is -0.510. The summed E-state index contributed by atoms with van der Waals surface area (Å²) in [5.74, 6) is -0.642. The zero-order valence-electron chi connectivity index (χ0n) is 14.0. The molecule has 0 atom stereocenters. The second-order valence-electron chi connectivity index (χ2n) is 5.80. The molecule has 136 valence electrons. The fraction of sp³-hybridized carbons (Fsp3) is 0.0500. The van der Waals surface area contributed by atoms with Gasteiger partial charge in [-0.3, -0.25) is 14.9 Å². The number of nitro benzene ring substituents is 1. The molecule has 27 heavy (non-hydrogen) atoms. The van der Waals surface area contributed by atoms with Crippen molar-refractivity contribution < 1.29 is 14.1 Å². The molecular weight excluding hydrogens is 462 g/mol. The van der Waals surface area contributed by atoms with Crippen molar-refractivity contribution in [2.24, 2.45) is 0 Å². The summed E-state index contributed by atoms with van der Waals surface area (Å²) in [6, 6.07) is 18.8. The van der Waals surface area contributed by atoms with E-state index < -0.39 is 4.92 Å². The molecule has 3 rings (SSSR count). The van der Waals surface area contributed by atoms with Crippen molar-refractivity contribution in [1.29, 1.82) is 0 Å². The zero-order chi connectivity index (χ0) is 19.4. The summed E-state index contributed by atoms with van der Waals surface area (Å²) >= 11 is 2.18. The third-order valence-electron chi connectivity index (χ3n) is 3.96. The predicted molar refractivity (Wildman–Crippen MR) is 109 cm³/mol. The molecule has 0 fully saturated rings. The number of hydrogen-bond donors (Lipinski definition) is 0. The lowest BCUT2D eigenvalue weighted by Crippen LogP contribution is -2.30. The Balaban J connectivity index is 1.94. The van der Waals surface area contributed by atoms with Crippen LogP contribution in [0, 0.1) is 19.5 Å². The number of nitro groups is 1. The Hall–Kier alpha value is -2.81. The summed E-state index contributed by atoms with van der Waals surface area (Å²) in [5, 5.41) is 10.8. The number of carbonyl (C=O) groups excluding carboxylic acids is 1. The Morgan fingerprint density at radius 3 is 2.11 bits per heavy atom. The van der Waals surface area contributed by atoms with Crippen LogP contribution in [-0.4, -0.2) is 10.8 Å². The van der Waals surface area contributed by atoms with Gasteiger partial charge >= 0.3 is 0 Å². The monoisotopic (exact) mass is 476 g/mol. The Morgan fingerprint density at radius 1 is 0.963 bits per heavy atom. The number of anilines is 1. The normalized spacial score (nSPS) is 10.4. The molecule has 0 spiro atoms. The summed E-state index contributed by atoms with van der Waals surface area (Å²) in [6.45, 7) is 0.247. The van der Waals surface area contributed by atoms with Crippen LogP contribution in [0.4, 0.5) is 15.8 Å². The first-order valence-electron chi connectivity index (χ1n) is 8.00. The van der Waals surface area contributed by atoms with Gasteiger partial charge in [-0.25, -0.2) is 4.39 Å². The molecule has 0 aliphatic heterocycles. The molecule has 0 N–H and O–H groups in total. The van der Waals surface area contributed by atoms with Gasteiger partial charge in [0.05, 0.1) is 11.5 Å². The summed E-state index contributed by atoms with van der Waals surface area (Å²) in [5.41, 5.74) is 1.71. The Morgan fingerprint density at radius 2 is 1.56 bits per heavy atom. The van der Waals surface area contributed by atoms with E-state index in [-0.39, 0.29) is 24.0 Å². The molecule has 0 heterocycles. The highest BCUT2D eigenvalue weighted by molar-refractivity contribution is 14.1. The van der Waals surface area contributed by atoms with E-state index in [0.29, 0.717) is 11.3 Å². The lowest BCUT2D eigenvalue weighted by Gasteiger charge is -2.23. The number of hydrogen-bond acceptors (Lipinski definition) is 3. The third kappa shape index (κ3) is 4.68. The minimum absolute atomic E-state index is 0.0779. The largest absolute Gasteiger partial charge is 0.304 e. The van der Waals surface area contributed by atoms with E-state index in [4.69, 9.17) is 0 Å². The first-order chi connectivity index (χ1) is 12.9. The topological polar surface area (TPSA) is 63.4 Å². The number of non-ortho nitro benzene ring substituents is 1. The molecule has 0 bridgehead atoms. The van der Waals surface area contributed by atoms with E-state index in [1.807, 2.05) is 24.3 Å². The smallest absolute Gasteiger partial charge is 0.269 e. The van der Waals surface area contributed by atoms with Gasteiger partial charge in [0.15, 0.2) is 0 Å². The molecule has 0 aliphatic carbocycles. The molecule has 5 nitrogen and oxygen atoms in total. The maximum atomic E-state index is 13.2. The lowest BCUT2D eigenvalue weighted by molar-refractivity contribution is -0.384. The number of benzene rings is 3. The molecule has 0 radical (unpaired) electrons. The van der Waals surface area contributed by atoms with Crippen LogP contribution in [0.2, 0.25) is 0 Å². The number of halogens is 2. The fourth-order valence-electron chi connectivity index (χ4n) is 2.56. The average Bonchev–Trinajstić information content (AvgIpc) is 2.68. The van der Waals surface area contributed by atoms with Crippen LogP contribution < -0.4 is 4.90 Å². The summed E-state index contributed by atoms with van der Waals surface area (Å²) in [7, 11) is 0. The van der Waals surface area contributed by atoms with Crippen LogP contribution in [0.5, 0.6) is 0 Å². The van der Waals surface area contributed by atoms with Crippen LogP contribution in [0.25, 0.3) is 0 Å². The van der Waals surface area contributed by atoms with Gasteiger partial charge in [-0.2, -0.15) is 0 Å². The zero-order valence-corrected chi connectivity index (χ0v) is 16.2. The first kappa shape index (κ1) is 19.0. The molecule has 0 aromatic heterocycles. The SMILES string of the molecule is O=C(c1ccc([N+](=O)[O-])cc1)N(Cc1ccc(F)cc1)c1ccc(I)cc1. The maximum absolute atomic E-state index is 13.2. The van der Waals surface area contributed by atoms with Crippen LogP contribution in [-0.2, 0) is 6.54 Å². The predicted octanol–water partition coefficient (Wildman–Crippen LogP) is 5.19. The lowest BCUT2D eigenvalue weighted by atomic mass is 10.1. The van der Waals surface area contributed by atoms with Gasteiger partial charge in [0.2, 0.25) is 0 Å². The molecule has 0 saturated heterocycles. The second kappa shape index (κ2) is 8.26. The fourth-order valence-corrected chi connectivity index (χ4v) is 2.91. The number of nitrogens with zero attached hydrogens (tertiary/aromatic N) is 2. The van der Waals surface area contributed by atoms with Crippen LogP contribution in [0.1, 0.15) is 15.9 Å². The van der Waals surface area contributed by atoms with Gasteiger partial charge in [-0.05, 0) is 76.7 Å². The highest BCUT2D eigenvalue weighted by Gasteiger charge is 2.19. The molecule has 1 amide bonds. The highest BCUT2D eigenvalue weighted by atomic mass is 127. The van der Waals surface area contributed by atoms with Crippen LogP contribution in [0.15, 0.2) is 72.8 Å². The molecule has 0 unspecified atom stereocenters. The van der Waals surface area contributed by atoms with E-state index in [0.717, 1.165) is 9.13 Å². The van der Waals surface area contributed by atoms with E-state index in [2.05, 4.69) is 22.6 Å². The van der Waals surface area contributed by atoms with Crippen molar-refractivity contribution in [2.75, 3.05) is 4.90 Å². The van der Waals surface area contributed by atoms with Gasteiger partial charge in [0, 0.05) is 27.0 Å². The molecule has 3 aromatic rings. The molecule has 3 aromatic carbocycles.